The Balaban J connectivity index is 1.74. The van der Waals surface area contributed by atoms with Crippen LogP contribution in [-0.2, 0) is 13.0 Å². The quantitative estimate of drug-likeness (QED) is 0.757. The van der Waals surface area contributed by atoms with E-state index in [9.17, 15) is 0 Å². The van der Waals surface area contributed by atoms with Crippen LogP contribution < -0.4 is 10.1 Å². The third kappa shape index (κ3) is 4.54. The summed E-state index contributed by atoms with van der Waals surface area (Å²) in [6.45, 7) is 6.50. The molecule has 0 aliphatic carbocycles. The van der Waals surface area contributed by atoms with Crippen LogP contribution in [0.1, 0.15) is 29.6 Å². The number of hydrogen-bond acceptors (Lipinski definition) is 6. The Morgan fingerprint density at radius 2 is 2.20 bits per heavy atom. The number of ether oxygens (including phenoxy) is 1. The van der Waals surface area contributed by atoms with E-state index in [1.807, 2.05) is 24.6 Å². The molecule has 0 aromatic carbocycles. The molecule has 0 aliphatic rings. The molecule has 2 rings (SSSR count). The highest BCUT2D eigenvalue weighted by molar-refractivity contribution is 7.09. The summed E-state index contributed by atoms with van der Waals surface area (Å²) in [5.74, 6) is 0.575. The molecule has 0 spiro atoms. The molecule has 0 atom stereocenters. The van der Waals surface area contributed by atoms with Gasteiger partial charge in [-0.15, -0.1) is 16.4 Å². The van der Waals surface area contributed by atoms with Gasteiger partial charge in [0.2, 0.25) is 5.88 Å². The zero-order valence-electron chi connectivity index (χ0n) is 11.9. The van der Waals surface area contributed by atoms with E-state index in [2.05, 4.69) is 27.4 Å². The first kappa shape index (κ1) is 14.9. The van der Waals surface area contributed by atoms with Crippen molar-refractivity contribution >= 4 is 11.3 Å². The Morgan fingerprint density at radius 3 is 2.85 bits per heavy atom. The van der Waals surface area contributed by atoms with E-state index >= 15 is 0 Å². The van der Waals surface area contributed by atoms with Crippen LogP contribution in [0.25, 0.3) is 0 Å². The molecule has 2 aromatic heterocycles. The monoisotopic (exact) mass is 292 g/mol. The number of nitrogens with zero attached hydrogens (tertiary/aromatic N) is 3. The van der Waals surface area contributed by atoms with Gasteiger partial charge in [0.15, 0.2) is 0 Å². The minimum atomic E-state index is 0.575. The maximum absolute atomic E-state index is 5.60. The van der Waals surface area contributed by atoms with Gasteiger partial charge in [-0.25, -0.2) is 4.98 Å². The second-order valence-electron chi connectivity index (χ2n) is 4.50. The average molecular weight is 292 g/mol. The van der Waals surface area contributed by atoms with Crippen molar-refractivity contribution in [3.05, 3.63) is 33.9 Å². The zero-order chi connectivity index (χ0) is 14.2. The summed E-state index contributed by atoms with van der Waals surface area (Å²) in [6, 6.07) is 3.82. The first-order valence-electron chi connectivity index (χ1n) is 6.84. The van der Waals surface area contributed by atoms with Crippen molar-refractivity contribution < 1.29 is 4.74 Å². The third-order valence-electron chi connectivity index (χ3n) is 2.85. The second kappa shape index (κ2) is 7.91. The first-order valence-corrected chi connectivity index (χ1v) is 7.72. The van der Waals surface area contributed by atoms with Gasteiger partial charge in [0, 0.05) is 23.9 Å². The van der Waals surface area contributed by atoms with Crippen LogP contribution in [0.2, 0.25) is 0 Å². The number of aromatic nitrogens is 3. The Hall–Kier alpha value is -1.53. The molecule has 0 radical (unpaired) electrons. The van der Waals surface area contributed by atoms with Crippen molar-refractivity contribution in [3.63, 3.8) is 0 Å². The number of rotatable bonds is 8. The fourth-order valence-corrected chi connectivity index (χ4v) is 2.49. The molecule has 0 unspecified atom stereocenters. The molecule has 1 N–H and O–H groups in total. The molecule has 0 saturated carbocycles. The van der Waals surface area contributed by atoms with Crippen molar-refractivity contribution in [3.8, 4) is 5.88 Å². The van der Waals surface area contributed by atoms with Crippen LogP contribution in [0.4, 0.5) is 0 Å². The lowest BCUT2D eigenvalue weighted by Gasteiger charge is -2.05. The van der Waals surface area contributed by atoms with Gasteiger partial charge < -0.3 is 10.1 Å². The van der Waals surface area contributed by atoms with E-state index in [4.69, 9.17) is 4.74 Å². The molecule has 0 amide bonds. The van der Waals surface area contributed by atoms with Crippen molar-refractivity contribution in [2.45, 2.75) is 33.2 Å². The molecular formula is C14H20N4OS. The average Bonchev–Trinajstić information content (AvgIpc) is 2.87. The van der Waals surface area contributed by atoms with Crippen molar-refractivity contribution in [2.75, 3.05) is 13.2 Å². The SMILES string of the molecule is CCCNCc1ccc(OCCc2scnc2C)nn1. The van der Waals surface area contributed by atoms with Crippen LogP contribution >= 0.6 is 11.3 Å². The van der Waals surface area contributed by atoms with E-state index in [-0.39, 0.29) is 0 Å². The largest absolute Gasteiger partial charge is 0.476 e. The van der Waals surface area contributed by atoms with Gasteiger partial charge in [0.25, 0.3) is 0 Å². The summed E-state index contributed by atoms with van der Waals surface area (Å²) >= 11 is 1.66. The Bertz CT molecular complexity index is 512. The normalized spacial score (nSPS) is 10.7. The number of aryl methyl sites for hydroxylation is 1. The predicted octanol–water partition coefficient (Wildman–Crippen LogP) is 2.36. The first-order chi connectivity index (χ1) is 9.79. The van der Waals surface area contributed by atoms with Gasteiger partial charge >= 0.3 is 0 Å². The van der Waals surface area contributed by atoms with Gasteiger partial charge in [0.1, 0.15) is 0 Å². The van der Waals surface area contributed by atoms with Gasteiger partial charge in [-0.1, -0.05) is 6.92 Å². The van der Waals surface area contributed by atoms with Crippen LogP contribution in [0.3, 0.4) is 0 Å². The summed E-state index contributed by atoms with van der Waals surface area (Å²) in [6.07, 6.45) is 1.98. The highest BCUT2D eigenvalue weighted by atomic mass is 32.1. The molecule has 0 aliphatic heterocycles. The van der Waals surface area contributed by atoms with E-state index in [1.54, 1.807) is 11.3 Å². The Kier molecular flexibility index (Phi) is 5.88. The zero-order valence-corrected chi connectivity index (χ0v) is 12.7. The molecule has 2 heterocycles. The molecular weight excluding hydrogens is 272 g/mol. The van der Waals surface area contributed by atoms with Gasteiger partial charge in [-0.3, -0.25) is 0 Å². The lowest BCUT2D eigenvalue weighted by atomic mass is 10.3. The molecule has 0 bridgehead atoms. The molecule has 0 fully saturated rings. The van der Waals surface area contributed by atoms with E-state index in [0.717, 1.165) is 37.3 Å². The molecule has 0 saturated heterocycles. The van der Waals surface area contributed by atoms with E-state index < -0.39 is 0 Å². The maximum atomic E-state index is 5.60. The summed E-state index contributed by atoms with van der Waals surface area (Å²) in [5.41, 5.74) is 3.88. The molecule has 20 heavy (non-hydrogen) atoms. The topological polar surface area (TPSA) is 59.9 Å². The van der Waals surface area contributed by atoms with Crippen LogP contribution in [0.5, 0.6) is 5.88 Å². The standard InChI is InChI=1S/C14H20N4OS/c1-3-7-15-9-12-4-5-14(18-17-12)19-8-6-13-11(2)16-10-20-13/h4-5,10,15H,3,6-9H2,1-2H3. The number of hydrogen-bond donors (Lipinski definition) is 1. The predicted molar refractivity (Wildman–Crippen MR) is 80.1 cm³/mol. The summed E-state index contributed by atoms with van der Waals surface area (Å²) in [5, 5.41) is 11.5. The van der Waals surface area contributed by atoms with Crippen molar-refractivity contribution in [1.82, 2.24) is 20.5 Å². The highest BCUT2D eigenvalue weighted by Gasteiger charge is 2.03. The number of nitrogens with one attached hydrogen (secondary N) is 1. The summed E-state index contributed by atoms with van der Waals surface area (Å²) in [4.78, 5) is 5.48. The van der Waals surface area contributed by atoms with Crippen molar-refractivity contribution in [1.29, 1.82) is 0 Å². The fourth-order valence-electron chi connectivity index (χ4n) is 1.73. The third-order valence-corrected chi connectivity index (χ3v) is 3.85. The fraction of sp³-hybridized carbons (Fsp3) is 0.500. The van der Waals surface area contributed by atoms with Crippen molar-refractivity contribution in [2.24, 2.45) is 0 Å². The lowest BCUT2D eigenvalue weighted by molar-refractivity contribution is 0.306. The Morgan fingerprint density at radius 1 is 1.30 bits per heavy atom. The van der Waals surface area contributed by atoms with Crippen LogP contribution in [0, 0.1) is 6.92 Å². The van der Waals surface area contributed by atoms with Gasteiger partial charge in [-0.05, 0) is 26.0 Å². The summed E-state index contributed by atoms with van der Waals surface area (Å²) in [7, 11) is 0. The molecule has 6 heteroatoms. The van der Waals surface area contributed by atoms with Crippen LogP contribution in [0.15, 0.2) is 17.6 Å². The number of thiazole rings is 1. The van der Waals surface area contributed by atoms with Gasteiger partial charge in [0.05, 0.1) is 23.5 Å². The lowest BCUT2D eigenvalue weighted by Crippen LogP contribution is -2.15. The summed E-state index contributed by atoms with van der Waals surface area (Å²) < 4.78 is 5.60. The molecule has 5 nitrogen and oxygen atoms in total. The molecule has 2 aromatic rings. The van der Waals surface area contributed by atoms with E-state index in [0.29, 0.717) is 12.5 Å². The molecule has 108 valence electrons. The second-order valence-corrected chi connectivity index (χ2v) is 5.44. The highest BCUT2D eigenvalue weighted by Crippen LogP contribution is 2.13. The van der Waals surface area contributed by atoms with Gasteiger partial charge in [-0.2, -0.15) is 5.10 Å². The Labute approximate surface area is 123 Å². The van der Waals surface area contributed by atoms with Crippen LogP contribution in [-0.4, -0.2) is 28.3 Å². The minimum absolute atomic E-state index is 0.575. The minimum Gasteiger partial charge on any atom is -0.476 e. The van der Waals surface area contributed by atoms with E-state index in [1.165, 1.54) is 4.88 Å². The maximum Gasteiger partial charge on any atom is 0.233 e. The smallest absolute Gasteiger partial charge is 0.233 e.